The summed E-state index contributed by atoms with van der Waals surface area (Å²) in [5.41, 5.74) is 4.30. The number of anilines is 2. The average molecular weight is 414 g/mol. The quantitative estimate of drug-likeness (QED) is 0.580. The van der Waals surface area contributed by atoms with Crippen LogP contribution in [0.1, 0.15) is 33.6 Å². The maximum atomic E-state index is 12.2. The predicted octanol–water partition coefficient (Wildman–Crippen LogP) is 5.24. The number of carbonyl (C=O) groups excluding carboxylic acids is 2. The molecule has 0 saturated heterocycles. The third-order valence-corrected chi connectivity index (χ3v) is 5.20. The molecule has 1 heterocycles. The van der Waals surface area contributed by atoms with E-state index in [1.165, 1.54) is 11.3 Å². The zero-order chi connectivity index (χ0) is 20.1. The summed E-state index contributed by atoms with van der Waals surface area (Å²) in [6.45, 7) is 3.99. The summed E-state index contributed by atoms with van der Waals surface area (Å²) >= 11 is 7.17. The van der Waals surface area contributed by atoms with E-state index in [0.717, 1.165) is 22.5 Å². The third-order valence-electron chi connectivity index (χ3n) is 4.14. The molecule has 0 unspecified atom stereocenters. The molecule has 3 aromatic rings. The highest BCUT2D eigenvalue weighted by molar-refractivity contribution is 7.14. The molecule has 0 aliphatic rings. The van der Waals surface area contributed by atoms with E-state index in [-0.39, 0.29) is 11.8 Å². The van der Waals surface area contributed by atoms with Gasteiger partial charge < -0.3 is 5.32 Å². The topological polar surface area (TPSA) is 71.1 Å². The Hall–Kier alpha value is -2.70. The Bertz CT molecular complexity index is 999. The lowest BCUT2D eigenvalue weighted by Gasteiger charge is -2.08. The summed E-state index contributed by atoms with van der Waals surface area (Å²) in [7, 11) is 0. The van der Waals surface area contributed by atoms with E-state index < -0.39 is 0 Å². The molecule has 0 aliphatic heterocycles. The molecule has 5 nitrogen and oxygen atoms in total. The fraction of sp³-hybridized carbons (Fsp3) is 0.190. The molecule has 0 radical (unpaired) electrons. The Morgan fingerprint density at radius 3 is 2.54 bits per heavy atom. The van der Waals surface area contributed by atoms with Gasteiger partial charge >= 0.3 is 0 Å². The SMILES string of the molecule is Cc1ccc(NC(=O)CCc2csc(NC(=O)c3ccc(Cl)cc3)n2)c(C)c1. The second-order valence-electron chi connectivity index (χ2n) is 6.47. The van der Waals surface area contributed by atoms with E-state index in [4.69, 9.17) is 11.6 Å². The number of carbonyl (C=O) groups is 2. The molecule has 0 spiro atoms. The molecule has 144 valence electrons. The molecule has 2 aromatic carbocycles. The molecule has 1 aromatic heterocycles. The molecule has 28 heavy (non-hydrogen) atoms. The van der Waals surface area contributed by atoms with Gasteiger partial charge in [-0.3, -0.25) is 14.9 Å². The van der Waals surface area contributed by atoms with Crippen molar-refractivity contribution < 1.29 is 9.59 Å². The van der Waals surface area contributed by atoms with E-state index >= 15 is 0 Å². The Morgan fingerprint density at radius 1 is 1.07 bits per heavy atom. The van der Waals surface area contributed by atoms with E-state index in [9.17, 15) is 9.59 Å². The summed E-state index contributed by atoms with van der Waals surface area (Å²) in [6.07, 6.45) is 0.825. The number of benzene rings is 2. The van der Waals surface area contributed by atoms with Gasteiger partial charge in [-0.05, 0) is 56.2 Å². The van der Waals surface area contributed by atoms with E-state index in [2.05, 4.69) is 15.6 Å². The standard InChI is InChI=1S/C21H20ClN3O2S/c1-13-3-9-18(14(2)11-13)24-19(26)10-8-17-12-28-21(23-17)25-20(27)15-4-6-16(22)7-5-15/h3-7,9,11-12H,8,10H2,1-2H3,(H,24,26)(H,23,25,27). The van der Waals surface area contributed by atoms with Crippen molar-refractivity contribution in [2.24, 2.45) is 0 Å². The second kappa shape index (κ2) is 8.99. The van der Waals surface area contributed by atoms with Crippen LogP contribution in [0.4, 0.5) is 10.8 Å². The summed E-state index contributed by atoms with van der Waals surface area (Å²) in [4.78, 5) is 28.8. The molecule has 7 heteroatoms. The van der Waals surface area contributed by atoms with E-state index in [1.54, 1.807) is 24.3 Å². The first-order chi connectivity index (χ1) is 13.4. The van der Waals surface area contributed by atoms with Crippen molar-refractivity contribution in [3.05, 3.63) is 75.3 Å². The number of nitrogens with zero attached hydrogens (tertiary/aromatic N) is 1. The zero-order valence-electron chi connectivity index (χ0n) is 15.6. The number of aryl methyl sites for hydroxylation is 3. The number of hydrogen-bond acceptors (Lipinski definition) is 4. The second-order valence-corrected chi connectivity index (χ2v) is 7.77. The van der Waals surface area contributed by atoms with Crippen molar-refractivity contribution in [3.63, 3.8) is 0 Å². The average Bonchev–Trinajstić information content (AvgIpc) is 3.10. The van der Waals surface area contributed by atoms with Crippen LogP contribution in [-0.2, 0) is 11.2 Å². The van der Waals surface area contributed by atoms with E-state index in [0.29, 0.717) is 28.6 Å². The van der Waals surface area contributed by atoms with Crippen LogP contribution in [-0.4, -0.2) is 16.8 Å². The molecule has 0 fully saturated rings. The van der Waals surface area contributed by atoms with Gasteiger partial charge in [0, 0.05) is 28.1 Å². The van der Waals surface area contributed by atoms with Crippen LogP contribution < -0.4 is 10.6 Å². The molecule has 0 aliphatic carbocycles. The van der Waals surface area contributed by atoms with Crippen molar-refractivity contribution in [3.8, 4) is 0 Å². The van der Waals surface area contributed by atoms with E-state index in [1.807, 2.05) is 37.4 Å². The lowest BCUT2D eigenvalue weighted by atomic mass is 10.1. The van der Waals surface area contributed by atoms with Crippen LogP contribution in [0.5, 0.6) is 0 Å². The Balaban J connectivity index is 1.52. The fourth-order valence-corrected chi connectivity index (χ4v) is 3.52. The number of thiazole rings is 1. The highest BCUT2D eigenvalue weighted by Gasteiger charge is 2.11. The number of rotatable bonds is 6. The van der Waals surface area contributed by atoms with Crippen LogP contribution in [0.2, 0.25) is 5.02 Å². The maximum absolute atomic E-state index is 12.2. The van der Waals surface area contributed by atoms with Gasteiger partial charge in [-0.2, -0.15) is 0 Å². The van der Waals surface area contributed by atoms with Gasteiger partial charge in [0.2, 0.25) is 5.91 Å². The van der Waals surface area contributed by atoms with Crippen molar-refractivity contribution in [1.29, 1.82) is 0 Å². The summed E-state index contributed by atoms with van der Waals surface area (Å²) in [5, 5.41) is 8.62. The number of halogens is 1. The number of aromatic nitrogens is 1. The van der Waals surface area contributed by atoms with Crippen molar-refractivity contribution >= 4 is 45.6 Å². The van der Waals surface area contributed by atoms with Gasteiger partial charge in [0.25, 0.3) is 5.91 Å². The smallest absolute Gasteiger partial charge is 0.257 e. The lowest BCUT2D eigenvalue weighted by Crippen LogP contribution is -2.13. The minimum absolute atomic E-state index is 0.0632. The van der Waals surface area contributed by atoms with Gasteiger partial charge in [0.1, 0.15) is 0 Å². The van der Waals surface area contributed by atoms with Crippen LogP contribution >= 0.6 is 22.9 Å². The van der Waals surface area contributed by atoms with Crippen molar-refractivity contribution in [1.82, 2.24) is 4.98 Å². The molecular formula is C21H20ClN3O2S. The monoisotopic (exact) mass is 413 g/mol. The Kier molecular flexibility index (Phi) is 6.44. The first-order valence-electron chi connectivity index (χ1n) is 8.79. The predicted molar refractivity (Wildman–Crippen MR) is 114 cm³/mol. The van der Waals surface area contributed by atoms with Crippen LogP contribution in [0.3, 0.4) is 0 Å². The lowest BCUT2D eigenvalue weighted by molar-refractivity contribution is -0.116. The van der Waals surface area contributed by atoms with Gasteiger partial charge in [0.15, 0.2) is 5.13 Å². The van der Waals surface area contributed by atoms with Crippen LogP contribution in [0.15, 0.2) is 47.8 Å². The molecular weight excluding hydrogens is 394 g/mol. The normalized spacial score (nSPS) is 10.5. The van der Waals surface area contributed by atoms with Gasteiger partial charge in [-0.25, -0.2) is 4.98 Å². The molecule has 0 saturated carbocycles. The highest BCUT2D eigenvalue weighted by atomic mass is 35.5. The van der Waals surface area contributed by atoms with Gasteiger partial charge in [-0.1, -0.05) is 29.3 Å². The molecule has 0 atom stereocenters. The summed E-state index contributed by atoms with van der Waals surface area (Å²) in [6, 6.07) is 12.6. The van der Waals surface area contributed by atoms with Crippen LogP contribution in [0, 0.1) is 13.8 Å². The highest BCUT2D eigenvalue weighted by Crippen LogP contribution is 2.19. The molecule has 3 rings (SSSR count). The number of nitrogens with one attached hydrogen (secondary N) is 2. The fourth-order valence-electron chi connectivity index (χ4n) is 2.66. The van der Waals surface area contributed by atoms with Crippen LogP contribution in [0.25, 0.3) is 0 Å². The zero-order valence-corrected chi connectivity index (χ0v) is 17.2. The van der Waals surface area contributed by atoms with Crippen molar-refractivity contribution in [2.45, 2.75) is 26.7 Å². The van der Waals surface area contributed by atoms with Gasteiger partial charge in [0.05, 0.1) is 5.69 Å². The molecule has 0 bridgehead atoms. The first kappa shape index (κ1) is 20.0. The first-order valence-corrected chi connectivity index (χ1v) is 10.0. The summed E-state index contributed by atoms with van der Waals surface area (Å²) < 4.78 is 0. The third kappa shape index (κ3) is 5.41. The minimum Gasteiger partial charge on any atom is -0.326 e. The van der Waals surface area contributed by atoms with Crippen molar-refractivity contribution in [2.75, 3.05) is 10.6 Å². The summed E-state index contributed by atoms with van der Waals surface area (Å²) in [5.74, 6) is -0.308. The minimum atomic E-state index is -0.245. The maximum Gasteiger partial charge on any atom is 0.257 e. The Morgan fingerprint density at radius 2 is 1.82 bits per heavy atom. The molecule has 2 amide bonds. The Labute approximate surface area is 172 Å². The number of amides is 2. The number of hydrogen-bond donors (Lipinski definition) is 2. The largest absolute Gasteiger partial charge is 0.326 e. The van der Waals surface area contributed by atoms with Gasteiger partial charge in [-0.15, -0.1) is 11.3 Å². The molecule has 2 N–H and O–H groups in total.